The van der Waals surface area contributed by atoms with Gasteiger partial charge in [0, 0.05) is 24.5 Å². The van der Waals surface area contributed by atoms with Crippen molar-refractivity contribution in [2.24, 2.45) is 7.05 Å². The first-order valence-corrected chi connectivity index (χ1v) is 7.68. The van der Waals surface area contributed by atoms with Gasteiger partial charge in [-0.05, 0) is 19.3 Å². The molecule has 0 aliphatic heterocycles. The molecule has 19 heavy (non-hydrogen) atoms. The highest BCUT2D eigenvalue weighted by Gasteiger charge is 2.29. The highest BCUT2D eigenvalue weighted by Crippen LogP contribution is 2.38. The van der Waals surface area contributed by atoms with Gasteiger partial charge >= 0.3 is 0 Å². The van der Waals surface area contributed by atoms with E-state index < -0.39 is 0 Å². The SMILES string of the molecule is CC[C@@H](NCc1nnc(C2CC2)n1C)c1nccs1. The van der Waals surface area contributed by atoms with Crippen LogP contribution in [0.3, 0.4) is 0 Å². The maximum absolute atomic E-state index is 4.38. The summed E-state index contributed by atoms with van der Waals surface area (Å²) in [4.78, 5) is 4.38. The van der Waals surface area contributed by atoms with E-state index in [4.69, 9.17) is 0 Å². The third-order valence-corrected chi connectivity index (χ3v) is 4.49. The smallest absolute Gasteiger partial charge is 0.146 e. The van der Waals surface area contributed by atoms with Gasteiger partial charge in [0.05, 0.1) is 12.6 Å². The minimum absolute atomic E-state index is 0.307. The third-order valence-electron chi connectivity index (χ3n) is 3.61. The van der Waals surface area contributed by atoms with Gasteiger partial charge in [0.25, 0.3) is 0 Å². The standard InChI is InChI=1S/C13H19N5S/c1-3-10(13-14-6-7-19-13)15-8-11-16-17-12(18(11)2)9-4-5-9/h6-7,9-10,15H,3-5,8H2,1-2H3/t10-/m1/s1. The average Bonchev–Trinajstić information content (AvgIpc) is 2.98. The second-order valence-corrected chi connectivity index (χ2v) is 5.95. The van der Waals surface area contributed by atoms with Crippen molar-refractivity contribution in [3.05, 3.63) is 28.2 Å². The Balaban J connectivity index is 1.65. The van der Waals surface area contributed by atoms with Crippen LogP contribution in [-0.4, -0.2) is 19.7 Å². The third kappa shape index (κ3) is 2.69. The maximum Gasteiger partial charge on any atom is 0.146 e. The first-order valence-electron chi connectivity index (χ1n) is 6.80. The Labute approximate surface area is 117 Å². The zero-order valence-electron chi connectivity index (χ0n) is 11.3. The minimum atomic E-state index is 0.307. The van der Waals surface area contributed by atoms with Crippen molar-refractivity contribution >= 4 is 11.3 Å². The van der Waals surface area contributed by atoms with E-state index in [2.05, 4.69) is 39.0 Å². The van der Waals surface area contributed by atoms with Gasteiger partial charge in [0.15, 0.2) is 0 Å². The molecule has 2 heterocycles. The van der Waals surface area contributed by atoms with Crippen LogP contribution in [0.5, 0.6) is 0 Å². The molecular formula is C13H19N5S. The lowest BCUT2D eigenvalue weighted by Crippen LogP contribution is -2.22. The van der Waals surface area contributed by atoms with Gasteiger partial charge in [-0.2, -0.15) is 0 Å². The van der Waals surface area contributed by atoms with Crippen LogP contribution in [0.25, 0.3) is 0 Å². The molecule has 0 bridgehead atoms. The highest BCUT2D eigenvalue weighted by atomic mass is 32.1. The van der Waals surface area contributed by atoms with Gasteiger partial charge in [0.2, 0.25) is 0 Å². The Morgan fingerprint density at radius 1 is 1.47 bits per heavy atom. The monoisotopic (exact) mass is 277 g/mol. The fourth-order valence-corrected chi connectivity index (χ4v) is 3.05. The number of nitrogens with one attached hydrogen (secondary N) is 1. The molecule has 6 heteroatoms. The molecule has 0 amide bonds. The number of aromatic nitrogens is 4. The molecule has 1 aliphatic rings. The fourth-order valence-electron chi connectivity index (χ4n) is 2.25. The highest BCUT2D eigenvalue weighted by molar-refractivity contribution is 7.09. The Bertz CT molecular complexity index is 529. The van der Waals surface area contributed by atoms with E-state index in [0.717, 1.165) is 29.6 Å². The van der Waals surface area contributed by atoms with Crippen LogP contribution in [-0.2, 0) is 13.6 Å². The van der Waals surface area contributed by atoms with Crippen molar-refractivity contribution in [1.29, 1.82) is 0 Å². The van der Waals surface area contributed by atoms with Crippen molar-refractivity contribution < 1.29 is 0 Å². The molecule has 0 unspecified atom stereocenters. The lowest BCUT2D eigenvalue weighted by molar-refractivity contribution is 0.498. The molecule has 1 N–H and O–H groups in total. The molecule has 1 saturated carbocycles. The Hall–Kier alpha value is -1.27. The molecule has 1 atom stereocenters. The quantitative estimate of drug-likeness (QED) is 0.881. The summed E-state index contributed by atoms with van der Waals surface area (Å²) in [5.74, 6) is 2.79. The van der Waals surface area contributed by atoms with E-state index in [1.807, 2.05) is 11.6 Å². The minimum Gasteiger partial charge on any atom is -0.317 e. The molecule has 102 valence electrons. The average molecular weight is 277 g/mol. The summed E-state index contributed by atoms with van der Waals surface area (Å²) in [6.45, 7) is 2.92. The van der Waals surface area contributed by atoms with Crippen molar-refractivity contribution in [3.63, 3.8) is 0 Å². The second kappa shape index (κ2) is 5.38. The fraction of sp³-hybridized carbons (Fsp3) is 0.615. The maximum atomic E-state index is 4.38. The molecule has 2 aromatic rings. The first kappa shape index (κ1) is 12.7. The van der Waals surface area contributed by atoms with E-state index >= 15 is 0 Å². The lowest BCUT2D eigenvalue weighted by Gasteiger charge is -2.13. The van der Waals surface area contributed by atoms with Gasteiger partial charge in [0.1, 0.15) is 16.7 Å². The van der Waals surface area contributed by atoms with Crippen LogP contribution in [0.15, 0.2) is 11.6 Å². The summed E-state index contributed by atoms with van der Waals surface area (Å²) in [5.41, 5.74) is 0. The van der Waals surface area contributed by atoms with E-state index in [0.29, 0.717) is 12.0 Å². The van der Waals surface area contributed by atoms with Gasteiger partial charge in [-0.3, -0.25) is 0 Å². The van der Waals surface area contributed by atoms with Crippen molar-refractivity contribution in [1.82, 2.24) is 25.1 Å². The second-order valence-electron chi connectivity index (χ2n) is 5.02. The van der Waals surface area contributed by atoms with E-state index in [1.54, 1.807) is 11.3 Å². The van der Waals surface area contributed by atoms with Crippen molar-refractivity contribution in [3.8, 4) is 0 Å². The molecule has 0 aromatic carbocycles. The van der Waals surface area contributed by atoms with Crippen LogP contribution in [0.4, 0.5) is 0 Å². The largest absolute Gasteiger partial charge is 0.317 e. The molecular weight excluding hydrogens is 258 g/mol. The topological polar surface area (TPSA) is 55.6 Å². The Morgan fingerprint density at radius 3 is 2.95 bits per heavy atom. The summed E-state index contributed by atoms with van der Waals surface area (Å²) in [6.07, 6.45) is 5.41. The zero-order valence-corrected chi connectivity index (χ0v) is 12.2. The van der Waals surface area contributed by atoms with Crippen LogP contribution >= 0.6 is 11.3 Å². The molecule has 3 rings (SSSR count). The Morgan fingerprint density at radius 2 is 2.32 bits per heavy atom. The molecule has 2 aromatic heterocycles. The van der Waals surface area contributed by atoms with Crippen LogP contribution in [0.1, 0.15) is 54.8 Å². The van der Waals surface area contributed by atoms with Crippen molar-refractivity contribution in [2.45, 2.75) is 44.7 Å². The van der Waals surface area contributed by atoms with Crippen LogP contribution in [0.2, 0.25) is 0 Å². The summed E-state index contributed by atoms with van der Waals surface area (Å²) >= 11 is 1.70. The summed E-state index contributed by atoms with van der Waals surface area (Å²) < 4.78 is 2.14. The number of nitrogens with zero attached hydrogens (tertiary/aromatic N) is 4. The van der Waals surface area contributed by atoms with E-state index in [9.17, 15) is 0 Å². The summed E-state index contributed by atoms with van der Waals surface area (Å²) in [6, 6.07) is 0.307. The van der Waals surface area contributed by atoms with Crippen LogP contribution in [0, 0.1) is 0 Å². The molecule has 0 saturated heterocycles. The first-order chi connectivity index (χ1) is 9.29. The molecule has 0 spiro atoms. The number of hydrogen-bond donors (Lipinski definition) is 1. The Kier molecular flexibility index (Phi) is 3.61. The van der Waals surface area contributed by atoms with Crippen molar-refractivity contribution in [2.75, 3.05) is 0 Å². The summed E-state index contributed by atoms with van der Waals surface area (Å²) in [7, 11) is 2.06. The van der Waals surface area contributed by atoms with E-state index in [1.165, 1.54) is 12.8 Å². The lowest BCUT2D eigenvalue weighted by atomic mass is 10.2. The van der Waals surface area contributed by atoms with Gasteiger partial charge in [-0.15, -0.1) is 21.5 Å². The van der Waals surface area contributed by atoms with E-state index in [-0.39, 0.29) is 0 Å². The number of rotatable bonds is 6. The van der Waals surface area contributed by atoms with Crippen LogP contribution < -0.4 is 5.32 Å². The van der Waals surface area contributed by atoms with Gasteiger partial charge < -0.3 is 9.88 Å². The molecule has 1 fully saturated rings. The summed E-state index contributed by atoms with van der Waals surface area (Å²) in [5, 5.41) is 15.3. The predicted octanol–water partition coefficient (Wildman–Crippen LogP) is 2.39. The number of thiazole rings is 1. The normalized spacial score (nSPS) is 16.7. The number of hydrogen-bond acceptors (Lipinski definition) is 5. The predicted molar refractivity (Wildman–Crippen MR) is 75.0 cm³/mol. The van der Waals surface area contributed by atoms with Gasteiger partial charge in [-0.1, -0.05) is 6.92 Å². The van der Waals surface area contributed by atoms with Gasteiger partial charge in [-0.25, -0.2) is 4.98 Å². The molecule has 1 aliphatic carbocycles. The molecule has 5 nitrogen and oxygen atoms in total. The molecule has 0 radical (unpaired) electrons. The zero-order chi connectivity index (χ0) is 13.2.